The van der Waals surface area contributed by atoms with Crippen LogP contribution in [0, 0.1) is 19.7 Å². The van der Waals surface area contributed by atoms with Gasteiger partial charge in [-0.1, -0.05) is 48.2 Å². The third-order valence-corrected chi connectivity index (χ3v) is 5.80. The lowest BCUT2D eigenvalue weighted by Gasteiger charge is -2.14. The number of benzene rings is 2. The molecule has 3 rings (SSSR count). The molecule has 1 saturated heterocycles. The van der Waals surface area contributed by atoms with Crippen LogP contribution in [0.15, 0.2) is 47.4 Å². The SMILES string of the molecule is Cc1ccc(NC(=O)CCN2C(=O)C(=Cc3ccccc3F)SC2=S)cc1C. The number of rotatable bonds is 5. The molecule has 0 radical (unpaired) electrons. The minimum Gasteiger partial charge on any atom is -0.326 e. The highest BCUT2D eigenvalue weighted by Gasteiger charge is 2.32. The second kappa shape index (κ2) is 8.67. The van der Waals surface area contributed by atoms with Gasteiger partial charge in [0.25, 0.3) is 5.91 Å². The summed E-state index contributed by atoms with van der Waals surface area (Å²) in [7, 11) is 0. The average Bonchev–Trinajstić information content (AvgIpc) is 2.91. The standard InChI is InChI=1S/C21H19FN2O2S2/c1-13-7-8-16(11-14(13)2)23-19(25)9-10-24-20(26)18(28-21(24)27)12-15-5-3-4-6-17(15)22/h3-8,11-12H,9-10H2,1-2H3,(H,23,25). The molecule has 0 saturated carbocycles. The molecule has 1 N–H and O–H groups in total. The summed E-state index contributed by atoms with van der Waals surface area (Å²) in [6, 6.07) is 11.9. The van der Waals surface area contributed by atoms with Gasteiger partial charge in [-0.15, -0.1) is 0 Å². The number of nitrogens with one attached hydrogen (secondary N) is 1. The van der Waals surface area contributed by atoms with E-state index in [1.165, 1.54) is 17.0 Å². The molecule has 0 unspecified atom stereocenters. The molecular weight excluding hydrogens is 395 g/mol. The average molecular weight is 415 g/mol. The zero-order valence-corrected chi connectivity index (χ0v) is 17.1. The van der Waals surface area contributed by atoms with Crippen LogP contribution < -0.4 is 5.32 Å². The summed E-state index contributed by atoms with van der Waals surface area (Å²) in [5.74, 6) is -0.909. The zero-order chi connectivity index (χ0) is 20.3. The van der Waals surface area contributed by atoms with E-state index in [-0.39, 0.29) is 24.8 Å². The normalized spacial score (nSPS) is 15.4. The Morgan fingerprint density at radius 3 is 2.68 bits per heavy atom. The van der Waals surface area contributed by atoms with Crippen LogP contribution in [-0.2, 0) is 9.59 Å². The van der Waals surface area contributed by atoms with Gasteiger partial charge in [-0.05, 0) is 49.2 Å². The van der Waals surface area contributed by atoms with Gasteiger partial charge in [-0.2, -0.15) is 0 Å². The van der Waals surface area contributed by atoms with Crippen molar-refractivity contribution in [3.63, 3.8) is 0 Å². The first-order valence-corrected chi connectivity index (χ1v) is 9.94. The minimum atomic E-state index is -0.402. The number of carbonyl (C=O) groups excluding carboxylic acids is 2. The predicted molar refractivity (Wildman–Crippen MR) is 115 cm³/mol. The van der Waals surface area contributed by atoms with Crippen LogP contribution in [0.4, 0.5) is 10.1 Å². The predicted octanol–water partition coefficient (Wildman–Crippen LogP) is 4.67. The number of halogens is 1. The fourth-order valence-electron chi connectivity index (χ4n) is 2.68. The third kappa shape index (κ3) is 4.66. The van der Waals surface area contributed by atoms with Crippen molar-refractivity contribution in [3.05, 3.63) is 69.9 Å². The molecule has 144 valence electrons. The number of thiocarbonyl (C=S) groups is 1. The summed E-state index contributed by atoms with van der Waals surface area (Å²) >= 11 is 6.37. The summed E-state index contributed by atoms with van der Waals surface area (Å²) < 4.78 is 14.2. The van der Waals surface area contributed by atoms with Crippen LogP contribution in [0.3, 0.4) is 0 Å². The largest absolute Gasteiger partial charge is 0.326 e. The van der Waals surface area contributed by atoms with E-state index in [2.05, 4.69) is 5.32 Å². The summed E-state index contributed by atoms with van der Waals surface area (Å²) in [6.45, 7) is 4.16. The van der Waals surface area contributed by atoms with Crippen molar-refractivity contribution in [2.24, 2.45) is 0 Å². The fourth-order valence-corrected chi connectivity index (χ4v) is 3.98. The van der Waals surface area contributed by atoms with Gasteiger partial charge in [-0.25, -0.2) is 4.39 Å². The molecule has 1 aliphatic rings. The number of carbonyl (C=O) groups is 2. The van der Waals surface area contributed by atoms with E-state index in [4.69, 9.17) is 12.2 Å². The van der Waals surface area contributed by atoms with Gasteiger partial charge in [0.2, 0.25) is 5.91 Å². The quantitative estimate of drug-likeness (QED) is 0.570. The van der Waals surface area contributed by atoms with Crippen molar-refractivity contribution in [2.45, 2.75) is 20.3 Å². The van der Waals surface area contributed by atoms with Crippen molar-refractivity contribution >= 4 is 51.9 Å². The first-order chi connectivity index (χ1) is 13.3. The molecule has 28 heavy (non-hydrogen) atoms. The van der Waals surface area contributed by atoms with Crippen LogP contribution in [-0.4, -0.2) is 27.6 Å². The van der Waals surface area contributed by atoms with Gasteiger partial charge in [0.15, 0.2) is 0 Å². The van der Waals surface area contributed by atoms with Crippen LogP contribution >= 0.6 is 24.0 Å². The number of hydrogen-bond donors (Lipinski definition) is 1. The van der Waals surface area contributed by atoms with Crippen molar-refractivity contribution in [1.29, 1.82) is 0 Å². The summed E-state index contributed by atoms with van der Waals surface area (Å²) in [5.41, 5.74) is 3.29. The molecule has 2 aromatic carbocycles. The van der Waals surface area contributed by atoms with Crippen molar-refractivity contribution in [2.75, 3.05) is 11.9 Å². The van der Waals surface area contributed by atoms with Crippen molar-refractivity contribution in [1.82, 2.24) is 4.90 Å². The Labute approximate surface area is 172 Å². The first-order valence-electron chi connectivity index (χ1n) is 8.72. The Bertz CT molecular complexity index is 988. The van der Waals surface area contributed by atoms with Crippen LogP contribution in [0.1, 0.15) is 23.1 Å². The van der Waals surface area contributed by atoms with Crippen LogP contribution in [0.5, 0.6) is 0 Å². The summed E-state index contributed by atoms with van der Waals surface area (Å²) in [6.07, 6.45) is 1.61. The Morgan fingerprint density at radius 2 is 1.96 bits per heavy atom. The maximum atomic E-state index is 13.8. The molecule has 0 spiro atoms. The van der Waals surface area contributed by atoms with E-state index in [0.717, 1.165) is 28.6 Å². The highest BCUT2D eigenvalue weighted by atomic mass is 32.2. The second-order valence-corrected chi connectivity index (χ2v) is 8.13. The van der Waals surface area contributed by atoms with Crippen molar-refractivity contribution in [3.8, 4) is 0 Å². The Balaban J connectivity index is 1.62. The number of thioether (sulfide) groups is 1. The van der Waals surface area contributed by atoms with Crippen molar-refractivity contribution < 1.29 is 14.0 Å². The molecule has 1 fully saturated rings. The zero-order valence-electron chi connectivity index (χ0n) is 15.5. The maximum Gasteiger partial charge on any atom is 0.266 e. The Hall–Kier alpha value is -2.51. The molecule has 2 aromatic rings. The van der Waals surface area contributed by atoms with Gasteiger partial charge in [0.1, 0.15) is 10.1 Å². The lowest BCUT2D eigenvalue weighted by molar-refractivity contribution is -0.122. The van der Waals surface area contributed by atoms with Gasteiger partial charge >= 0.3 is 0 Å². The van der Waals surface area contributed by atoms with Crippen LogP contribution in [0.2, 0.25) is 0 Å². The van der Waals surface area contributed by atoms with Gasteiger partial charge in [-0.3, -0.25) is 14.5 Å². The number of aryl methyl sites for hydroxylation is 2. The molecule has 2 amide bonds. The second-order valence-electron chi connectivity index (χ2n) is 6.45. The third-order valence-electron chi connectivity index (χ3n) is 4.42. The Kier molecular flexibility index (Phi) is 6.26. The summed E-state index contributed by atoms with van der Waals surface area (Å²) in [5, 5.41) is 2.83. The molecule has 0 aliphatic carbocycles. The highest BCUT2D eigenvalue weighted by Crippen LogP contribution is 2.33. The van der Waals surface area contributed by atoms with Gasteiger partial charge in [0, 0.05) is 24.2 Å². The molecule has 4 nitrogen and oxygen atoms in total. The van der Waals surface area contributed by atoms with E-state index in [9.17, 15) is 14.0 Å². The number of anilines is 1. The smallest absolute Gasteiger partial charge is 0.266 e. The highest BCUT2D eigenvalue weighted by molar-refractivity contribution is 8.26. The number of nitrogens with zero attached hydrogens (tertiary/aromatic N) is 1. The van der Waals surface area contributed by atoms with E-state index >= 15 is 0 Å². The van der Waals surface area contributed by atoms with E-state index in [1.54, 1.807) is 18.2 Å². The molecule has 7 heteroatoms. The molecule has 0 bridgehead atoms. The first kappa shape index (κ1) is 20.2. The lowest BCUT2D eigenvalue weighted by Crippen LogP contribution is -2.31. The lowest BCUT2D eigenvalue weighted by atomic mass is 10.1. The molecule has 0 aromatic heterocycles. The molecular formula is C21H19FN2O2S2. The fraction of sp³-hybridized carbons (Fsp3) is 0.190. The number of amides is 2. The minimum absolute atomic E-state index is 0.117. The number of hydrogen-bond acceptors (Lipinski definition) is 4. The van der Waals surface area contributed by atoms with Crippen LogP contribution in [0.25, 0.3) is 6.08 Å². The van der Waals surface area contributed by atoms with E-state index in [0.29, 0.717) is 14.8 Å². The van der Waals surface area contributed by atoms with E-state index < -0.39 is 5.82 Å². The Morgan fingerprint density at radius 1 is 1.21 bits per heavy atom. The van der Waals surface area contributed by atoms with E-state index in [1.807, 2.05) is 32.0 Å². The molecule has 0 atom stereocenters. The molecule has 1 aliphatic heterocycles. The topological polar surface area (TPSA) is 49.4 Å². The molecule has 1 heterocycles. The summed E-state index contributed by atoms with van der Waals surface area (Å²) in [4.78, 5) is 26.5. The maximum absolute atomic E-state index is 13.8. The van der Waals surface area contributed by atoms with Gasteiger partial charge < -0.3 is 5.32 Å². The van der Waals surface area contributed by atoms with Gasteiger partial charge in [0.05, 0.1) is 4.91 Å². The monoisotopic (exact) mass is 414 g/mol.